The third-order valence-electron chi connectivity index (χ3n) is 11.1. The second-order valence-corrected chi connectivity index (χ2v) is 14.8. The Labute approximate surface area is 337 Å². The lowest BCUT2D eigenvalue weighted by Gasteiger charge is -2.28. The number of rotatable bonds is 9. The molecule has 11 nitrogen and oxygen atoms in total. The van der Waals surface area contributed by atoms with Crippen molar-refractivity contribution in [3.8, 4) is 34.4 Å². The molecule has 4 heterocycles. The van der Waals surface area contributed by atoms with Crippen LogP contribution < -0.4 is 5.32 Å². The molecule has 6 aromatic rings. The van der Waals surface area contributed by atoms with Crippen LogP contribution in [0.15, 0.2) is 122 Å². The summed E-state index contributed by atoms with van der Waals surface area (Å²) in [6.07, 6.45) is 6.38. The minimum Gasteiger partial charge on any atom is -0.453 e. The number of carbonyl (C=O) groups excluding carboxylic acids is 3. The van der Waals surface area contributed by atoms with E-state index in [1.165, 1.54) is 7.11 Å². The molecule has 2 aromatic heterocycles. The molecule has 0 saturated carbocycles. The van der Waals surface area contributed by atoms with E-state index in [0.717, 1.165) is 77.3 Å². The van der Waals surface area contributed by atoms with E-state index in [4.69, 9.17) is 9.72 Å². The normalized spacial score (nSPS) is 17.3. The van der Waals surface area contributed by atoms with Gasteiger partial charge in [-0.05, 0) is 79.1 Å². The van der Waals surface area contributed by atoms with Gasteiger partial charge in [-0.25, -0.2) is 14.8 Å². The Bertz CT molecular complexity index is 2430. The zero-order valence-electron chi connectivity index (χ0n) is 32.5. The minimum absolute atomic E-state index is 0.0657. The van der Waals surface area contributed by atoms with Crippen molar-refractivity contribution < 1.29 is 19.1 Å². The Morgan fingerprint density at radius 2 is 1.14 bits per heavy atom. The number of nitrogens with one attached hydrogen (secondary N) is 3. The van der Waals surface area contributed by atoms with Crippen molar-refractivity contribution in [2.45, 2.75) is 56.7 Å². The summed E-state index contributed by atoms with van der Waals surface area (Å²) in [5, 5.41) is 2.71. The molecule has 11 heteroatoms. The van der Waals surface area contributed by atoms with Crippen LogP contribution in [-0.2, 0) is 14.3 Å². The van der Waals surface area contributed by atoms with Gasteiger partial charge in [0.25, 0.3) is 5.91 Å². The lowest BCUT2D eigenvalue weighted by molar-refractivity contribution is -0.135. The predicted molar refractivity (Wildman–Crippen MR) is 221 cm³/mol. The number of amides is 3. The molecule has 0 radical (unpaired) electrons. The number of carbonyl (C=O) groups is 3. The van der Waals surface area contributed by atoms with Crippen LogP contribution in [0, 0.1) is 11.8 Å². The van der Waals surface area contributed by atoms with Crippen LogP contribution >= 0.6 is 0 Å². The molecular formula is C47H45N7O4. The van der Waals surface area contributed by atoms with Gasteiger partial charge in [0.1, 0.15) is 17.7 Å². The van der Waals surface area contributed by atoms with Crippen LogP contribution in [0.2, 0.25) is 0 Å². The van der Waals surface area contributed by atoms with Gasteiger partial charge in [-0.3, -0.25) is 9.59 Å². The van der Waals surface area contributed by atoms with E-state index in [1.807, 2.05) is 127 Å². The van der Waals surface area contributed by atoms with Crippen LogP contribution in [0.25, 0.3) is 22.5 Å². The highest BCUT2D eigenvalue weighted by Crippen LogP contribution is 2.36. The maximum atomic E-state index is 13.9. The third-order valence-corrected chi connectivity index (χ3v) is 11.1. The Morgan fingerprint density at radius 3 is 1.62 bits per heavy atom. The summed E-state index contributed by atoms with van der Waals surface area (Å²) in [7, 11) is 1.28. The summed E-state index contributed by atoms with van der Waals surface area (Å²) >= 11 is 0. The van der Waals surface area contributed by atoms with Crippen molar-refractivity contribution in [3.63, 3.8) is 0 Å². The molecule has 4 unspecified atom stereocenters. The minimum atomic E-state index is -0.873. The molecule has 4 aromatic carbocycles. The molecule has 292 valence electrons. The van der Waals surface area contributed by atoms with E-state index in [9.17, 15) is 14.4 Å². The first-order valence-corrected chi connectivity index (χ1v) is 19.7. The van der Waals surface area contributed by atoms with Crippen molar-refractivity contribution in [2.75, 3.05) is 20.2 Å². The van der Waals surface area contributed by atoms with E-state index in [2.05, 4.69) is 32.1 Å². The first-order valence-electron chi connectivity index (χ1n) is 19.7. The van der Waals surface area contributed by atoms with Gasteiger partial charge in [0.05, 0.1) is 48.9 Å². The topological polar surface area (TPSA) is 136 Å². The molecule has 3 N–H and O–H groups in total. The number of likely N-dealkylation sites (tertiary alicyclic amines) is 2. The van der Waals surface area contributed by atoms with E-state index < -0.39 is 12.1 Å². The summed E-state index contributed by atoms with van der Waals surface area (Å²) in [5.74, 6) is 7.78. The highest BCUT2D eigenvalue weighted by atomic mass is 16.5. The van der Waals surface area contributed by atoms with Gasteiger partial charge < -0.3 is 29.8 Å². The molecule has 2 saturated heterocycles. The lowest BCUT2D eigenvalue weighted by atomic mass is 9.99. The number of alkyl carbamates (subject to hydrolysis) is 1. The number of benzene rings is 4. The van der Waals surface area contributed by atoms with Crippen molar-refractivity contribution in [2.24, 2.45) is 0 Å². The summed E-state index contributed by atoms with van der Waals surface area (Å²) < 4.78 is 4.82. The Hall–Kier alpha value is -6.93. The fourth-order valence-electron chi connectivity index (χ4n) is 7.95. The summed E-state index contributed by atoms with van der Waals surface area (Å²) in [6, 6.07) is 34.0. The number of ether oxygens (including phenoxy) is 1. The molecule has 4 atom stereocenters. The molecule has 2 aliphatic rings. The largest absolute Gasteiger partial charge is 0.453 e. The fourth-order valence-corrected chi connectivity index (χ4v) is 7.95. The number of imidazole rings is 2. The Morgan fingerprint density at radius 1 is 0.672 bits per heavy atom. The standard InChI is InChI=1S/C47H45N7O4/c1-31(34-11-5-3-6-12-34)45(55)53-27-9-15-40(53)43-48-29-38(50-43)35-23-19-32(20-24-35)17-18-33-21-25-36(26-22-33)39-30-49-44(51-39)41-16-10-28-54(41)46(56)42(52-47(57)58-2)37-13-7-4-8-14-37/h3-8,11-14,19-26,29-31,40-42H,9-10,15-16,27-28H2,1-2H3,(H,48,50)(H,49,51)(H,52,57). The first-order chi connectivity index (χ1) is 28.4. The molecular weight excluding hydrogens is 727 g/mol. The smallest absolute Gasteiger partial charge is 0.407 e. The van der Waals surface area contributed by atoms with Gasteiger partial charge in [0.2, 0.25) is 5.91 Å². The van der Waals surface area contributed by atoms with E-state index >= 15 is 0 Å². The Kier molecular flexibility index (Phi) is 11.2. The number of methoxy groups -OCH3 is 1. The Balaban J connectivity index is 0.897. The van der Waals surface area contributed by atoms with Gasteiger partial charge in [0.15, 0.2) is 0 Å². The highest BCUT2D eigenvalue weighted by Gasteiger charge is 2.37. The summed E-state index contributed by atoms with van der Waals surface area (Å²) in [5.41, 5.74) is 7.17. The zero-order chi connectivity index (χ0) is 40.0. The van der Waals surface area contributed by atoms with Crippen LogP contribution in [0.1, 0.15) is 90.6 Å². The molecule has 2 aliphatic heterocycles. The van der Waals surface area contributed by atoms with Crippen molar-refractivity contribution in [3.05, 3.63) is 155 Å². The third kappa shape index (κ3) is 8.13. The van der Waals surface area contributed by atoms with Crippen LogP contribution in [-0.4, -0.2) is 67.8 Å². The molecule has 0 spiro atoms. The molecule has 2 fully saturated rings. The van der Waals surface area contributed by atoms with Gasteiger partial charge in [-0.2, -0.15) is 0 Å². The monoisotopic (exact) mass is 771 g/mol. The maximum Gasteiger partial charge on any atom is 0.407 e. The van der Waals surface area contributed by atoms with Gasteiger partial charge in [-0.15, -0.1) is 0 Å². The zero-order valence-corrected chi connectivity index (χ0v) is 32.5. The first kappa shape index (κ1) is 38.0. The SMILES string of the molecule is COC(=O)NC(C(=O)N1CCCC1c1ncc(-c2ccc(C#Cc3ccc(-c4cnc(C5CCCN5C(=O)C(C)c5ccccc5)[nH]4)cc3)cc2)[nH]1)c1ccccc1. The number of nitrogens with zero attached hydrogens (tertiary/aromatic N) is 4. The van der Waals surface area contributed by atoms with E-state index in [-0.39, 0.29) is 29.8 Å². The quantitative estimate of drug-likeness (QED) is 0.127. The van der Waals surface area contributed by atoms with E-state index in [1.54, 1.807) is 11.1 Å². The van der Waals surface area contributed by atoms with Crippen molar-refractivity contribution in [1.29, 1.82) is 0 Å². The maximum absolute atomic E-state index is 13.9. The molecule has 0 bridgehead atoms. The average Bonchev–Trinajstić information content (AvgIpc) is 4.12. The van der Waals surface area contributed by atoms with Gasteiger partial charge in [0, 0.05) is 24.2 Å². The lowest BCUT2D eigenvalue weighted by Crippen LogP contribution is -2.42. The fraction of sp³-hybridized carbons (Fsp3) is 0.255. The predicted octanol–water partition coefficient (Wildman–Crippen LogP) is 8.09. The molecule has 0 aliphatic carbocycles. The van der Waals surface area contributed by atoms with Crippen LogP contribution in [0.3, 0.4) is 0 Å². The van der Waals surface area contributed by atoms with E-state index in [0.29, 0.717) is 17.9 Å². The van der Waals surface area contributed by atoms with Crippen molar-refractivity contribution >= 4 is 17.9 Å². The number of aromatic nitrogens is 4. The highest BCUT2D eigenvalue weighted by molar-refractivity contribution is 5.87. The molecule has 3 amide bonds. The second-order valence-electron chi connectivity index (χ2n) is 14.8. The second kappa shape index (κ2) is 17.1. The van der Waals surface area contributed by atoms with Crippen molar-refractivity contribution in [1.82, 2.24) is 35.1 Å². The summed E-state index contributed by atoms with van der Waals surface area (Å²) in [6.45, 7) is 3.27. The average molecular weight is 772 g/mol. The number of hydrogen-bond acceptors (Lipinski definition) is 6. The summed E-state index contributed by atoms with van der Waals surface area (Å²) in [4.78, 5) is 59.6. The molecule has 58 heavy (non-hydrogen) atoms. The number of H-pyrrole nitrogens is 2. The van der Waals surface area contributed by atoms with Crippen LogP contribution in [0.5, 0.6) is 0 Å². The van der Waals surface area contributed by atoms with Gasteiger partial charge in [-0.1, -0.05) is 96.8 Å². The van der Waals surface area contributed by atoms with Crippen LogP contribution in [0.4, 0.5) is 4.79 Å². The molecule has 8 rings (SSSR count). The number of aromatic amines is 2. The van der Waals surface area contributed by atoms with Gasteiger partial charge >= 0.3 is 6.09 Å². The number of hydrogen-bond donors (Lipinski definition) is 3.